The molecule has 3 heteroatoms. The minimum absolute atomic E-state index is 0.278. The second-order valence-corrected chi connectivity index (χ2v) is 4.64. The summed E-state index contributed by atoms with van der Waals surface area (Å²) in [5.41, 5.74) is 1.97. The van der Waals surface area contributed by atoms with Gasteiger partial charge in [0.15, 0.2) is 0 Å². The molecule has 0 saturated carbocycles. The standard InChI is InChI=1S/C18H13NO2/c20-17-15-11-4-5-12-16(15)18(21)19(17)13-7-6-10-14-8-2-1-3-9-14/h1-13H/b10-6+,13-7+. The van der Waals surface area contributed by atoms with Gasteiger partial charge in [-0.15, -0.1) is 0 Å². The van der Waals surface area contributed by atoms with Gasteiger partial charge in [-0.2, -0.15) is 0 Å². The third kappa shape index (κ3) is 2.54. The van der Waals surface area contributed by atoms with Crippen LogP contribution in [-0.4, -0.2) is 16.7 Å². The van der Waals surface area contributed by atoms with Crippen molar-refractivity contribution >= 4 is 17.9 Å². The number of imide groups is 1. The van der Waals surface area contributed by atoms with Crippen molar-refractivity contribution in [3.8, 4) is 0 Å². The summed E-state index contributed by atoms with van der Waals surface area (Å²) in [7, 11) is 0. The number of hydrogen-bond donors (Lipinski definition) is 0. The van der Waals surface area contributed by atoms with Gasteiger partial charge in [0.2, 0.25) is 0 Å². The Kier molecular flexibility index (Phi) is 3.48. The van der Waals surface area contributed by atoms with Crippen molar-refractivity contribution in [2.24, 2.45) is 0 Å². The normalized spacial score (nSPS) is 14.4. The molecule has 3 nitrogen and oxygen atoms in total. The van der Waals surface area contributed by atoms with Crippen LogP contribution in [0.3, 0.4) is 0 Å². The molecule has 0 N–H and O–H groups in total. The zero-order chi connectivity index (χ0) is 14.7. The van der Waals surface area contributed by atoms with Crippen molar-refractivity contribution in [2.45, 2.75) is 0 Å². The SMILES string of the molecule is O=C1c2ccccc2C(=O)N1/C=C/C=C/c1ccccc1. The maximum atomic E-state index is 12.1. The van der Waals surface area contributed by atoms with Gasteiger partial charge in [0.1, 0.15) is 0 Å². The maximum Gasteiger partial charge on any atom is 0.265 e. The molecule has 0 saturated heterocycles. The van der Waals surface area contributed by atoms with Crippen LogP contribution in [-0.2, 0) is 0 Å². The molecule has 0 unspecified atom stereocenters. The molecule has 0 spiro atoms. The van der Waals surface area contributed by atoms with E-state index in [2.05, 4.69) is 0 Å². The first kappa shape index (κ1) is 13.1. The molecule has 2 aromatic carbocycles. The van der Waals surface area contributed by atoms with Gasteiger partial charge < -0.3 is 0 Å². The topological polar surface area (TPSA) is 37.4 Å². The summed E-state index contributed by atoms with van der Waals surface area (Å²) in [4.78, 5) is 25.3. The average Bonchev–Trinajstić information content (AvgIpc) is 2.77. The predicted molar refractivity (Wildman–Crippen MR) is 81.6 cm³/mol. The molecule has 3 rings (SSSR count). The van der Waals surface area contributed by atoms with Crippen molar-refractivity contribution in [3.63, 3.8) is 0 Å². The first-order chi connectivity index (χ1) is 10.3. The number of allylic oxidation sites excluding steroid dienone is 2. The lowest BCUT2D eigenvalue weighted by Gasteiger charge is -2.05. The van der Waals surface area contributed by atoms with Crippen LogP contribution in [0.2, 0.25) is 0 Å². The van der Waals surface area contributed by atoms with E-state index in [1.165, 1.54) is 6.20 Å². The van der Waals surface area contributed by atoms with E-state index in [1.807, 2.05) is 36.4 Å². The van der Waals surface area contributed by atoms with E-state index >= 15 is 0 Å². The number of amides is 2. The van der Waals surface area contributed by atoms with Crippen LogP contribution < -0.4 is 0 Å². The number of carbonyl (C=O) groups excluding carboxylic acids is 2. The lowest BCUT2D eigenvalue weighted by Crippen LogP contribution is -2.23. The summed E-state index contributed by atoms with van der Waals surface area (Å²) in [5.74, 6) is -0.556. The van der Waals surface area contributed by atoms with Gasteiger partial charge in [0.05, 0.1) is 11.1 Å². The second-order valence-electron chi connectivity index (χ2n) is 4.64. The molecule has 0 atom stereocenters. The smallest absolute Gasteiger partial charge is 0.265 e. The molecule has 2 aromatic rings. The van der Waals surface area contributed by atoms with Crippen molar-refractivity contribution in [1.82, 2.24) is 4.90 Å². The summed E-state index contributed by atoms with van der Waals surface area (Å²) < 4.78 is 0. The molecular weight excluding hydrogens is 262 g/mol. The van der Waals surface area contributed by atoms with E-state index in [0.29, 0.717) is 11.1 Å². The van der Waals surface area contributed by atoms with Gasteiger partial charge in [-0.25, -0.2) is 4.90 Å². The first-order valence-corrected chi connectivity index (χ1v) is 6.64. The highest BCUT2D eigenvalue weighted by molar-refractivity contribution is 6.22. The molecule has 0 aromatic heterocycles. The fourth-order valence-corrected chi connectivity index (χ4v) is 2.21. The average molecular weight is 275 g/mol. The van der Waals surface area contributed by atoms with Crippen LogP contribution in [0.15, 0.2) is 72.9 Å². The molecule has 21 heavy (non-hydrogen) atoms. The molecule has 102 valence electrons. The molecule has 0 aliphatic carbocycles. The molecule has 1 heterocycles. The van der Waals surface area contributed by atoms with E-state index in [-0.39, 0.29) is 11.8 Å². The number of benzene rings is 2. The molecule has 0 bridgehead atoms. The lowest BCUT2D eigenvalue weighted by molar-refractivity contribution is 0.0721. The number of rotatable bonds is 3. The Balaban J connectivity index is 1.75. The molecule has 0 radical (unpaired) electrons. The lowest BCUT2D eigenvalue weighted by atomic mass is 10.1. The van der Waals surface area contributed by atoms with Crippen LogP contribution in [0.4, 0.5) is 0 Å². The summed E-state index contributed by atoms with van der Waals surface area (Å²) in [6.45, 7) is 0. The van der Waals surface area contributed by atoms with E-state index in [9.17, 15) is 9.59 Å². The van der Waals surface area contributed by atoms with Crippen LogP contribution in [0.25, 0.3) is 6.08 Å². The van der Waals surface area contributed by atoms with E-state index < -0.39 is 0 Å². The van der Waals surface area contributed by atoms with Crippen LogP contribution in [0.1, 0.15) is 26.3 Å². The molecular formula is C18H13NO2. The van der Waals surface area contributed by atoms with E-state index in [4.69, 9.17) is 0 Å². The summed E-state index contributed by atoms with van der Waals surface area (Å²) in [6, 6.07) is 16.7. The quantitative estimate of drug-likeness (QED) is 0.635. The van der Waals surface area contributed by atoms with E-state index in [0.717, 1.165) is 10.5 Å². The van der Waals surface area contributed by atoms with E-state index in [1.54, 1.807) is 36.4 Å². The van der Waals surface area contributed by atoms with Crippen LogP contribution in [0.5, 0.6) is 0 Å². The fraction of sp³-hybridized carbons (Fsp3) is 0. The Morgan fingerprint density at radius 2 is 1.29 bits per heavy atom. The zero-order valence-electron chi connectivity index (χ0n) is 11.3. The fourth-order valence-electron chi connectivity index (χ4n) is 2.21. The summed E-state index contributed by atoms with van der Waals surface area (Å²) in [5, 5.41) is 0. The highest BCUT2D eigenvalue weighted by Crippen LogP contribution is 2.22. The van der Waals surface area contributed by atoms with Gasteiger partial charge in [0, 0.05) is 6.20 Å². The largest absolute Gasteiger partial charge is 0.268 e. The Morgan fingerprint density at radius 3 is 1.90 bits per heavy atom. The van der Waals surface area contributed by atoms with Gasteiger partial charge in [-0.1, -0.05) is 54.6 Å². The van der Waals surface area contributed by atoms with Crippen LogP contribution in [0, 0.1) is 0 Å². The number of carbonyl (C=O) groups is 2. The Labute approximate surface area is 122 Å². The highest BCUT2D eigenvalue weighted by Gasteiger charge is 2.33. The Bertz CT molecular complexity index is 710. The third-order valence-corrected chi connectivity index (χ3v) is 3.26. The minimum atomic E-state index is -0.278. The third-order valence-electron chi connectivity index (χ3n) is 3.26. The minimum Gasteiger partial charge on any atom is -0.268 e. The summed E-state index contributed by atoms with van der Waals surface area (Å²) >= 11 is 0. The molecule has 1 aliphatic heterocycles. The molecule has 2 amide bonds. The number of nitrogens with zero attached hydrogens (tertiary/aromatic N) is 1. The van der Waals surface area contributed by atoms with Crippen LogP contribution >= 0.6 is 0 Å². The van der Waals surface area contributed by atoms with Gasteiger partial charge in [-0.05, 0) is 23.8 Å². The Morgan fingerprint density at radius 1 is 0.714 bits per heavy atom. The number of hydrogen-bond acceptors (Lipinski definition) is 2. The van der Waals surface area contributed by atoms with Gasteiger partial charge >= 0.3 is 0 Å². The second kappa shape index (κ2) is 5.59. The summed E-state index contributed by atoms with van der Waals surface area (Å²) in [6.07, 6.45) is 6.91. The van der Waals surface area contributed by atoms with Crippen molar-refractivity contribution in [2.75, 3.05) is 0 Å². The van der Waals surface area contributed by atoms with Gasteiger partial charge in [-0.3, -0.25) is 9.59 Å². The van der Waals surface area contributed by atoms with Gasteiger partial charge in [0.25, 0.3) is 11.8 Å². The first-order valence-electron chi connectivity index (χ1n) is 6.64. The van der Waals surface area contributed by atoms with Crippen molar-refractivity contribution in [1.29, 1.82) is 0 Å². The Hall–Kier alpha value is -2.94. The number of fused-ring (bicyclic) bond motifs is 1. The highest BCUT2D eigenvalue weighted by atomic mass is 16.2. The maximum absolute atomic E-state index is 12.1. The predicted octanol–water partition coefficient (Wildman–Crippen LogP) is 3.51. The molecule has 0 fully saturated rings. The zero-order valence-corrected chi connectivity index (χ0v) is 11.3. The monoisotopic (exact) mass is 275 g/mol. The van der Waals surface area contributed by atoms with Crippen molar-refractivity contribution < 1.29 is 9.59 Å². The van der Waals surface area contributed by atoms with Crippen molar-refractivity contribution in [3.05, 3.63) is 89.6 Å². The molecule has 1 aliphatic rings.